The SMILES string of the molecule is NCc1ccc(CCl)nc1N1CCCCC1. The van der Waals surface area contributed by atoms with Crippen molar-refractivity contribution in [3.63, 3.8) is 0 Å². The molecule has 1 aliphatic heterocycles. The van der Waals surface area contributed by atoms with Crippen molar-refractivity contribution in [3.8, 4) is 0 Å². The van der Waals surface area contributed by atoms with Crippen molar-refractivity contribution in [2.24, 2.45) is 5.73 Å². The van der Waals surface area contributed by atoms with E-state index in [1.54, 1.807) is 0 Å². The molecule has 1 aromatic heterocycles. The fourth-order valence-corrected chi connectivity index (χ4v) is 2.28. The predicted molar refractivity (Wildman–Crippen MR) is 67.7 cm³/mol. The Hall–Kier alpha value is -0.800. The summed E-state index contributed by atoms with van der Waals surface area (Å²) < 4.78 is 0. The molecule has 2 N–H and O–H groups in total. The van der Waals surface area contributed by atoms with Gasteiger partial charge in [0.1, 0.15) is 5.82 Å². The third kappa shape index (κ3) is 2.47. The molecule has 0 bridgehead atoms. The predicted octanol–water partition coefficient (Wildman–Crippen LogP) is 2.27. The summed E-state index contributed by atoms with van der Waals surface area (Å²) in [5, 5.41) is 0. The van der Waals surface area contributed by atoms with Gasteiger partial charge in [0.2, 0.25) is 0 Å². The van der Waals surface area contributed by atoms with Crippen molar-refractivity contribution in [1.82, 2.24) is 4.98 Å². The third-order valence-corrected chi connectivity index (χ3v) is 3.30. The van der Waals surface area contributed by atoms with E-state index >= 15 is 0 Å². The summed E-state index contributed by atoms with van der Waals surface area (Å²) in [5.74, 6) is 1.51. The van der Waals surface area contributed by atoms with E-state index in [2.05, 4.69) is 16.0 Å². The summed E-state index contributed by atoms with van der Waals surface area (Å²) in [6, 6.07) is 4.01. The molecule has 0 aliphatic carbocycles. The first-order chi connectivity index (χ1) is 7.85. The van der Waals surface area contributed by atoms with Crippen molar-refractivity contribution in [1.29, 1.82) is 0 Å². The molecule has 0 spiro atoms. The minimum absolute atomic E-state index is 0.464. The van der Waals surface area contributed by atoms with E-state index in [1.807, 2.05) is 6.07 Å². The highest BCUT2D eigenvalue weighted by molar-refractivity contribution is 6.16. The molecule has 0 radical (unpaired) electrons. The van der Waals surface area contributed by atoms with Crippen molar-refractivity contribution >= 4 is 17.4 Å². The highest BCUT2D eigenvalue weighted by Crippen LogP contribution is 2.22. The Morgan fingerprint density at radius 1 is 1.25 bits per heavy atom. The van der Waals surface area contributed by atoms with Crippen LogP contribution < -0.4 is 10.6 Å². The highest BCUT2D eigenvalue weighted by atomic mass is 35.5. The maximum absolute atomic E-state index is 5.82. The molecule has 0 aromatic carbocycles. The van der Waals surface area contributed by atoms with E-state index in [1.165, 1.54) is 19.3 Å². The minimum atomic E-state index is 0.464. The average molecular weight is 240 g/mol. The van der Waals surface area contributed by atoms with Gasteiger partial charge in [0.15, 0.2) is 0 Å². The van der Waals surface area contributed by atoms with Crippen LogP contribution in [0.3, 0.4) is 0 Å². The third-order valence-electron chi connectivity index (χ3n) is 3.03. The molecule has 1 aromatic rings. The van der Waals surface area contributed by atoms with E-state index in [9.17, 15) is 0 Å². The molecular formula is C12H18ClN3. The van der Waals surface area contributed by atoms with E-state index in [0.717, 1.165) is 30.2 Å². The maximum Gasteiger partial charge on any atom is 0.133 e. The lowest BCUT2D eigenvalue weighted by molar-refractivity contribution is 0.571. The average Bonchev–Trinajstić information content (AvgIpc) is 2.39. The first-order valence-corrected chi connectivity index (χ1v) is 6.38. The number of nitrogens with zero attached hydrogens (tertiary/aromatic N) is 2. The first-order valence-electron chi connectivity index (χ1n) is 5.85. The molecular weight excluding hydrogens is 222 g/mol. The molecule has 0 unspecified atom stereocenters. The number of anilines is 1. The molecule has 0 atom stereocenters. The van der Waals surface area contributed by atoms with Gasteiger partial charge in [0.05, 0.1) is 11.6 Å². The molecule has 2 rings (SSSR count). The number of halogens is 1. The van der Waals surface area contributed by atoms with E-state index in [-0.39, 0.29) is 0 Å². The minimum Gasteiger partial charge on any atom is -0.356 e. The molecule has 3 nitrogen and oxygen atoms in total. The largest absolute Gasteiger partial charge is 0.356 e. The zero-order chi connectivity index (χ0) is 11.4. The molecule has 1 aliphatic rings. The number of piperidine rings is 1. The van der Waals surface area contributed by atoms with Crippen LogP contribution in [0.2, 0.25) is 0 Å². The number of hydrogen-bond acceptors (Lipinski definition) is 3. The van der Waals surface area contributed by atoms with Gasteiger partial charge >= 0.3 is 0 Å². The van der Waals surface area contributed by atoms with Crippen LogP contribution in [0.15, 0.2) is 12.1 Å². The fourth-order valence-electron chi connectivity index (χ4n) is 2.13. The lowest BCUT2D eigenvalue weighted by Gasteiger charge is -2.29. The number of rotatable bonds is 3. The molecule has 0 amide bonds. The lowest BCUT2D eigenvalue weighted by atomic mass is 10.1. The van der Waals surface area contributed by atoms with Gasteiger partial charge in [-0.05, 0) is 25.3 Å². The topological polar surface area (TPSA) is 42.1 Å². The molecule has 4 heteroatoms. The van der Waals surface area contributed by atoms with E-state index in [0.29, 0.717) is 12.4 Å². The monoisotopic (exact) mass is 239 g/mol. The fraction of sp³-hybridized carbons (Fsp3) is 0.583. The number of alkyl halides is 1. The highest BCUT2D eigenvalue weighted by Gasteiger charge is 2.15. The standard InChI is InChI=1S/C12H18ClN3/c13-8-11-5-4-10(9-14)12(15-11)16-6-2-1-3-7-16/h4-5H,1-3,6-9,14H2. The van der Waals surface area contributed by atoms with Crippen LogP contribution in [0.4, 0.5) is 5.82 Å². The summed E-state index contributed by atoms with van der Waals surface area (Å²) >= 11 is 5.82. The maximum atomic E-state index is 5.82. The van der Waals surface area contributed by atoms with Gasteiger partial charge in [0, 0.05) is 25.2 Å². The van der Waals surface area contributed by atoms with E-state index < -0.39 is 0 Å². The van der Waals surface area contributed by atoms with Crippen molar-refractivity contribution < 1.29 is 0 Å². The zero-order valence-corrected chi connectivity index (χ0v) is 10.2. The van der Waals surface area contributed by atoms with Gasteiger partial charge in [-0.1, -0.05) is 6.07 Å². The van der Waals surface area contributed by atoms with Crippen LogP contribution in [-0.2, 0) is 12.4 Å². The Morgan fingerprint density at radius 2 is 2.00 bits per heavy atom. The van der Waals surface area contributed by atoms with Crippen LogP contribution >= 0.6 is 11.6 Å². The van der Waals surface area contributed by atoms with Gasteiger partial charge in [-0.15, -0.1) is 11.6 Å². The molecule has 0 saturated carbocycles. The summed E-state index contributed by atoms with van der Waals surface area (Å²) in [5.41, 5.74) is 7.80. The second-order valence-corrected chi connectivity index (χ2v) is 4.44. The second kappa shape index (κ2) is 5.51. The van der Waals surface area contributed by atoms with Crippen LogP contribution in [0.5, 0.6) is 0 Å². The lowest BCUT2D eigenvalue weighted by Crippen LogP contribution is -2.31. The van der Waals surface area contributed by atoms with Gasteiger partial charge in [0.25, 0.3) is 0 Å². The Labute approximate surface area is 102 Å². The number of hydrogen-bond donors (Lipinski definition) is 1. The van der Waals surface area contributed by atoms with Gasteiger partial charge in [-0.3, -0.25) is 0 Å². The zero-order valence-electron chi connectivity index (χ0n) is 9.45. The normalized spacial score (nSPS) is 16.5. The number of aromatic nitrogens is 1. The smallest absolute Gasteiger partial charge is 0.133 e. The van der Waals surface area contributed by atoms with Crippen molar-refractivity contribution in [2.45, 2.75) is 31.7 Å². The Kier molecular flexibility index (Phi) is 4.02. The second-order valence-electron chi connectivity index (χ2n) is 4.17. The number of nitrogens with two attached hydrogens (primary N) is 1. The molecule has 16 heavy (non-hydrogen) atoms. The van der Waals surface area contributed by atoms with E-state index in [4.69, 9.17) is 17.3 Å². The summed E-state index contributed by atoms with van der Waals surface area (Å²) in [4.78, 5) is 6.93. The Bertz CT molecular complexity index is 348. The van der Waals surface area contributed by atoms with Gasteiger partial charge in [-0.25, -0.2) is 4.98 Å². The van der Waals surface area contributed by atoms with Crippen LogP contribution in [0.25, 0.3) is 0 Å². The Balaban J connectivity index is 2.27. The quantitative estimate of drug-likeness (QED) is 0.823. The molecule has 2 heterocycles. The number of pyridine rings is 1. The Morgan fingerprint density at radius 3 is 2.62 bits per heavy atom. The van der Waals surface area contributed by atoms with Crippen LogP contribution in [0.1, 0.15) is 30.5 Å². The van der Waals surface area contributed by atoms with Gasteiger partial charge < -0.3 is 10.6 Å². The summed E-state index contributed by atoms with van der Waals surface area (Å²) in [6.07, 6.45) is 3.82. The summed E-state index contributed by atoms with van der Waals surface area (Å²) in [7, 11) is 0. The first kappa shape index (κ1) is 11.7. The van der Waals surface area contributed by atoms with Crippen molar-refractivity contribution in [2.75, 3.05) is 18.0 Å². The van der Waals surface area contributed by atoms with Crippen LogP contribution in [-0.4, -0.2) is 18.1 Å². The summed E-state index contributed by atoms with van der Waals surface area (Å²) in [6.45, 7) is 2.72. The molecule has 88 valence electrons. The van der Waals surface area contributed by atoms with Crippen LogP contribution in [0, 0.1) is 0 Å². The van der Waals surface area contributed by atoms with Crippen molar-refractivity contribution in [3.05, 3.63) is 23.4 Å². The molecule has 1 saturated heterocycles. The molecule has 1 fully saturated rings. The van der Waals surface area contributed by atoms with Gasteiger partial charge in [-0.2, -0.15) is 0 Å².